The number of nitrogens with one attached hydrogen (secondary N) is 2. The van der Waals surface area contributed by atoms with Crippen molar-refractivity contribution in [2.75, 3.05) is 0 Å². The first-order chi connectivity index (χ1) is 10.6. The van der Waals surface area contributed by atoms with Crippen molar-refractivity contribution in [3.63, 3.8) is 0 Å². The number of nitrogens with zero attached hydrogens (tertiary/aromatic N) is 1. The summed E-state index contributed by atoms with van der Waals surface area (Å²) in [6.07, 6.45) is 0. The van der Waals surface area contributed by atoms with E-state index >= 15 is 0 Å². The van der Waals surface area contributed by atoms with Crippen LogP contribution in [-0.4, -0.2) is 15.2 Å². The molecule has 0 saturated heterocycles. The summed E-state index contributed by atoms with van der Waals surface area (Å²) >= 11 is 4.78. The van der Waals surface area contributed by atoms with Gasteiger partial charge in [0, 0.05) is 0 Å². The molecule has 22 heavy (non-hydrogen) atoms. The highest BCUT2D eigenvalue weighted by Gasteiger charge is 2.15. The first-order valence-corrected chi connectivity index (χ1v) is 6.69. The highest BCUT2D eigenvalue weighted by atomic mass is 32.1. The maximum Gasteiger partial charge on any atom is 0.284 e. The van der Waals surface area contributed by atoms with Gasteiger partial charge in [-0.25, -0.2) is 5.10 Å². The van der Waals surface area contributed by atoms with Crippen LogP contribution in [0.15, 0.2) is 48.8 Å². The third kappa shape index (κ3) is 1.81. The van der Waals surface area contributed by atoms with Gasteiger partial charge < -0.3 is 8.83 Å². The van der Waals surface area contributed by atoms with E-state index in [9.17, 15) is 9.59 Å². The summed E-state index contributed by atoms with van der Waals surface area (Å²) in [4.78, 5) is 27.2. The normalized spacial score (nSPS) is 11.3. The second-order valence-corrected chi connectivity index (χ2v) is 4.97. The Balaban J connectivity index is 2.15. The fourth-order valence-corrected chi connectivity index (χ4v) is 2.39. The summed E-state index contributed by atoms with van der Waals surface area (Å²) in [5, 5.41) is 6.89. The van der Waals surface area contributed by atoms with E-state index < -0.39 is 5.56 Å². The first-order valence-electron chi connectivity index (χ1n) is 6.28. The Morgan fingerprint density at radius 1 is 1.09 bits per heavy atom. The first kappa shape index (κ1) is 12.7. The minimum Gasteiger partial charge on any atom is -0.439 e. The van der Waals surface area contributed by atoms with Crippen LogP contribution in [0, 0.1) is 4.84 Å². The zero-order valence-corrected chi connectivity index (χ0v) is 11.7. The number of pyridine rings is 1. The third-order valence-corrected chi connectivity index (χ3v) is 3.44. The van der Waals surface area contributed by atoms with Crippen LogP contribution in [0.3, 0.4) is 0 Å². The van der Waals surface area contributed by atoms with Gasteiger partial charge in [-0.3, -0.25) is 14.6 Å². The van der Waals surface area contributed by atoms with E-state index in [0.29, 0.717) is 11.0 Å². The number of aromatic nitrogens is 3. The summed E-state index contributed by atoms with van der Waals surface area (Å²) in [7, 11) is 0. The number of fused-ring (bicyclic) bond motifs is 2. The molecule has 108 valence electrons. The molecule has 3 aromatic heterocycles. The molecule has 0 aliphatic carbocycles. The fraction of sp³-hybridized carbons (Fsp3) is 0. The molecule has 0 aliphatic rings. The number of rotatable bonds is 1. The van der Waals surface area contributed by atoms with Crippen LogP contribution in [0.4, 0.5) is 0 Å². The van der Waals surface area contributed by atoms with E-state index in [1.165, 1.54) is 6.07 Å². The molecule has 0 fully saturated rings. The fourth-order valence-electron chi connectivity index (χ4n) is 2.26. The number of benzene rings is 1. The topological polar surface area (TPSA) is 105 Å². The van der Waals surface area contributed by atoms with Crippen molar-refractivity contribution >= 4 is 34.3 Å². The number of para-hydroxylation sites is 1. The number of H-pyrrole nitrogens is 2. The van der Waals surface area contributed by atoms with Crippen molar-refractivity contribution in [1.82, 2.24) is 15.2 Å². The van der Waals surface area contributed by atoms with E-state index in [1.807, 2.05) is 0 Å². The van der Waals surface area contributed by atoms with Gasteiger partial charge in [-0.2, -0.15) is 0 Å². The predicted molar refractivity (Wildman–Crippen MR) is 81.3 cm³/mol. The van der Waals surface area contributed by atoms with E-state index in [4.69, 9.17) is 21.1 Å². The minimum absolute atomic E-state index is 0.0145. The Kier molecular flexibility index (Phi) is 2.60. The van der Waals surface area contributed by atoms with Crippen molar-refractivity contribution in [2.24, 2.45) is 0 Å². The summed E-state index contributed by atoms with van der Waals surface area (Å²) < 4.78 is 10.7. The maximum absolute atomic E-state index is 12.5. The number of aromatic amines is 2. The summed E-state index contributed by atoms with van der Waals surface area (Å²) in [5.74, 6) is 0.0145. The van der Waals surface area contributed by atoms with Crippen LogP contribution in [0.5, 0.6) is 0 Å². The molecular weight excluding hydrogens is 306 g/mol. The lowest BCUT2D eigenvalue weighted by Crippen LogP contribution is -2.13. The van der Waals surface area contributed by atoms with Crippen LogP contribution in [0.25, 0.3) is 33.5 Å². The molecule has 0 spiro atoms. The second-order valence-electron chi connectivity index (χ2n) is 4.60. The molecule has 0 saturated carbocycles. The van der Waals surface area contributed by atoms with Gasteiger partial charge in [0.05, 0.1) is 10.8 Å². The quantitative estimate of drug-likeness (QED) is 0.413. The van der Waals surface area contributed by atoms with Gasteiger partial charge in [-0.15, -0.1) is 5.10 Å². The van der Waals surface area contributed by atoms with Crippen LogP contribution >= 0.6 is 12.2 Å². The average molecular weight is 313 g/mol. The third-order valence-electron chi connectivity index (χ3n) is 3.26. The zero-order valence-electron chi connectivity index (χ0n) is 10.9. The van der Waals surface area contributed by atoms with Crippen LogP contribution < -0.4 is 11.0 Å². The average Bonchev–Trinajstić information content (AvgIpc) is 2.93. The van der Waals surface area contributed by atoms with E-state index in [2.05, 4.69) is 15.2 Å². The molecular formula is C14H7N3O4S. The molecule has 0 atom stereocenters. The van der Waals surface area contributed by atoms with Gasteiger partial charge in [0.15, 0.2) is 0 Å². The second kappa shape index (κ2) is 4.50. The van der Waals surface area contributed by atoms with E-state index in [0.717, 1.165) is 0 Å². The molecule has 0 unspecified atom stereocenters. The molecule has 4 rings (SSSR count). The highest BCUT2D eigenvalue weighted by Crippen LogP contribution is 2.19. The monoisotopic (exact) mass is 313 g/mol. The lowest BCUT2D eigenvalue weighted by molar-refractivity contribution is 0.551. The maximum atomic E-state index is 12.5. The van der Waals surface area contributed by atoms with Crippen LogP contribution in [0.1, 0.15) is 0 Å². The van der Waals surface area contributed by atoms with Crippen molar-refractivity contribution in [1.29, 1.82) is 0 Å². The highest BCUT2D eigenvalue weighted by molar-refractivity contribution is 7.71. The van der Waals surface area contributed by atoms with Crippen molar-refractivity contribution in [3.05, 3.63) is 55.7 Å². The van der Waals surface area contributed by atoms with Crippen LogP contribution in [-0.2, 0) is 0 Å². The molecule has 8 heteroatoms. The van der Waals surface area contributed by atoms with Crippen LogP contribution in [0.2, 0.25) is 0 Å². The van der Waals surface area contributed by atoms with Crippen molar-refractivity contribution in [3.8, 4) is 11.5 Å². The summed E-state index contributed by atoms with van der Waals surface area (Å²) in [6.45, 7) is 0. The Bertz CT molecular complexity index is 1200. The molecule has 0 amide bonds. The Morgan fingerprint density at radius 2 is 1.91 bits per heavy atom. The Morgan fingerprint density at radius 3 is 2.68 bits per heavy atom. The molecule has 1 aromatic carbocycles. The van der Waals surface area contributed by atoms with Crippen molar-refractivity contribution in [2.45, 2.75) is 0 Å². The predicted octanol–water partition coefficient (Wildman–Crippen LogP) is 2.35. The van der Waals surface area contributed by atoms with Gasteiger partial charge in [-0.1, -0.05) is 12.1 Å². The number of hydrogen-bond acceptors (Lipinski definition) is 6. The smallest absolute Gasteiger partial charge is 0.284 e. The lowest BCUT2D eigenvalue weighted by Gasteiger charge is -2.01. The van der Waals surface area contributed by atoms with Gasteiger partial charge >= 0.3 is 0 Å². The van der Waals surface area contributed by atoms with E-state index in [-0.39, 0.29) is 32.8 Å². The minimum atomic E-state index is -0.490. The molecule has 7 nitrogen and oxygen atoms in total. The van der Waals surface area contributed by atoms with Gasteiger partial charge in [0.25, 0.3) is 16.3 Å². The Labute approximate surface area is 126 Å². The molecule has 0 aliphatic heterocycles. The summed E-state index contributed by atoms with van der Waals surface area (Å²) in [5.41, 5.74) is -0.130. The largest absolute Gasteiger partial charge is 0.439 e. The van der Waals surface area contributed by atoms with E-state index in [1.54, 1.807) is 24.3 Å². The van der Waals surface area contributed by atoms with Gasteiger partial charge in [0.2, 0.25) is 11.1 Å². The van der Waals surface area contributed by atoms with Crippen molar-refractivity contribution < 1.29 is 8.83 Å². The zero-order chi connectivity index (χ0) is 15.3. The van der Waals surface area contributed by atoms with Gasteiger partial charge in [0.1, 0.15) is 11.1 Å². The molecule has 0 radical (unpaired) electrons. The van der Waals surface area contributed by atoms with Gasteiger partial charge in [-0.05, 0) is 30.4 Å². The molecule has 0 bridgehead atoms. The molecule has 4 aromatic rings. The molecule has 2 N–H and O–H groups in total. The SMILES string of the molecule is O=c1[nH]c2oc3ccccc3c(=O)c2cc1-c1n[nH]c(=S)o1. The molecule has 3 heterocycles. The lowest BCUT2D eigenvalue weighted by atomic mass is 10.1. The number of hydrogen-bond donors (Lipinski definition) is 2. The standard InChI is InChI=1S/C14H7N3O4S/c18-10-6-3-1-2-4-9(6)20-12-7(10)5-8(11(19)15-12)13-16-17-14(22)21-13/h1-5H,(H,15,19)(H,17,22). The Hall–Kier alpha value is -3.00. The summed E-state index contributed by atoms with van der Waals surface area (Å²) in [6, 6.07) is 8.20.